The third-order valence-electron chi connectivity index (χ3n) is 3.36. The third kappa shape index (κ3) is 8.06. The lowest BCUT2D eigenvalue weighted by Crippen LogP contribution is -1.94. The Bertz CT molecular complexity index is 238. The molecular weight excluding hydrogens is 206 g/mol. The SMILES string of the molecule is CCCCCCCCCCCCn1[c]ccc1. The molecule has 0 aliphatic heterocycles. The van der Waals surface area contributed by atoms with Crippen LogP contribution >= 0.6 is 0 Å². The van der Waals surface area contributed by atoms with Crippen LogP contribution in [0.15, 0.2) is 18.3 Å². The number of aromatic nitrogens is 1. The Kier molecular flexibility index (Phi) is 8.80. The molecule has 0 unspecified atom stereocenters. The van der Waals surface area contributed by atoms with Crippen molar-refractivity contribution in [3.63, 3.8) is 0 Å². The van der Waals surface area contributed by atoms with E-state index in [1.165, 1.54) is 64.2 Å². The summed E-state index contributed by atoms with van der Waals surface area (Å²) in [6, 6.07) is 4.03. The Hall–Kier alpha value is -0.720. The molecule has 0 aliphatic rings. The largest absolute Gasteiger partial charge is 0.346 e. The van der Waals surface area contributed by atoms with Crippen molar-refractivity contribution in [1.82, 2.24) is 4.57 Å². The Morgan fingerprint density at radius 3 is 1.94 bits per heavy atom. The zero-order chi connectivity index (χ0) is 12.2. The number of hydrogen-bond donors (Lipinski definition) is 0. The number of rotatable bonds is 11. The molecule has 0 bridgehead atoms. The molecular formula is C16H28N. The maximum atomic E-state index is 3.18. The van der Waals surface area contributed by atoms with Crippen LogP contribution in [0.4, 0.5) is 0 Å². The van der Waals surface area contributed by atoms with E-state index in [9.17, 15) is 0 Å². The molecule has 1 heterocycles. The summed E-state index contributed by atoms with van der Waals surface area (Å²) in [7, 11) is 0. The second kappa shape index (κ2) is 10.4. The summed E-state index contributed by atoms with van der Waals surface area (Å²) in [5, 5.41) is 0. The summed E-state index contributed by atoms with van der Waals surface area (Å²) in [4.78, 5) is 0. The monoisotopic (exact) mass is 234 g/mol. The van der Waals surface area contributed by atoms with Crippen LogP contribution in [0.1, 0.15) is 71.1 Å². The highest BCUT2D eigenvalue weighted by atomic mass is 14.9. The van der Waals surface area contributed by atoms with E-state index in [1.807, 2.05) is 6.07 Å². The maximum absolute atomic E-state index is 3.18. The predicted molar refractivity (Wildman–Crippen MR) is 75.1 cm³/mol. The van der Waals surface area contributed by atoms with Gasteiger partial charge in [-0.25, -0.2) is 0 Å². The first-order valence-corrected chi connectivity index (χ1v) is 7.46. The van der Waals surface area contributed by atoms with Crippen molar-refractivity contribution >= 4 is 0 Å². The molecule has 0 saturated heterocycles. The number of unbranched alkanes of at least 4 members (excludes halogenated alkanes) is 9. The van der Waals surface area contributed by atoms with E-state index in [1.54, 1.807) is 0 Å². The van der Waals surface area contributed by atoms with Gasteiger partial charge in [-0.05, 0) is 18.6 Å². The van der Waals surface area contributed by atoms with Gasteiger partial charge < -0.3 is 4.57 Å². The van der Waals surface area contributed by atoms with Gasteiger partial charge in [0.2, 0.25) is 0 Å². The lowest BCUT2D eigenvalue weighted by atomic mass is 10.1. The Morgan fingerprint density at radius 2 is 1.41 bits per heavy atom. The average Bonchev–Trinajstić information content (AvgIpc) is 2.85. The molecule has 0 aliphatic carbocycles. The maximum Gasteiger partial charge on any atom is 0.0647 e. The fraction of sp³-hybridized carbons (Fsp3) is 0.750. The van der Waals surface area contributed by atoms with Gasteiger partial charge in [0.1, 0.15) is 0 Å². The molecule has 0 amide bonds. The van der Waals surface area contributed by atoms with Gasteiger partial charge in [0, 0.05) is 12.7 Å². The molecule has 97 valence electrons. The summed E-state index contributed by atoms with van der Waals surface area (Å²) in [5.41, 5.74) is 0. The minimum atomic E-state index is 1.14. The van der Waals surface area contributed by atoms with Gasteiger partial charge in [-0.1, -0.05) is 64.7 Å². The molecule has 0 fully saturated rings. The van der Waals surface area contributed by atoms with Crippen LogP contribution in [0, 0.1) is 6.20 Å². The average molecular weight is 234 g/mol. The zero-order valence-corrected chi connectivity index (χ0v) is 11.5. The van der Waals surface area contributed by atoms with E-state index in [2.05, 4.69) is 30.0 Å². The Balaban J connectivity index is 1.76. The second-order valence-electron chi connectivity index (χ2n) is 5.01. The first-order chi connectivity index (χ1) is 8.43. The standard InChI is InChI=1S/C16H28N/c1-2-3-4-5-6-7-8-9-10-11-14-17-15-12-13-16-17/h12-13,15H,2-11,14H2,1H3. The van der Waals surface area contributed by atoms with E-state index < -0.39 is 0 Å². The van der Waals surface area contributed by atoms with Crippen molar-refractivity contribution in [3.05, 3.63) is 24.5 Å². The van der Waals surface area contributed by atoms with E-state index >= 15 is 0 Å². The van der Waals surface area contributed by atoms with Gasteiger partial charge >= 0.3 is 0 Å². The molecule has 1 aromatic heterocycles. The molecule has 1 aromatic rings. The van der Waals surface area contributed by atoms with E-state index in [4.69, 9.17) is 0 Å². The lowest BCUT2D eigenvalue weighted by molar-refractivity contribution is 0.534. The van der Waals surface area contributed by atoms with Crippen LogP contribution in [-0.2, 0) is 6.54 Å². The van der Waals surface area contributed by atoms with Crippen molar-refractivity contribution < 1.29 is 0 Å². The van der Waals surface area contributed by atoms with Crippen molar-refractivity contribution in [1.29, 1.82) is 0 Å². The minimum absolute atomic E-state index is 1.14. The van der Waals surface area contributed by atoms with Crippen molar-refractivity contribution in [2.75, 3.05) is 0 Å². The Labute approximate surface area is 107 Å². The molecule has 17 heavy (non-hydrogen) atoms. The number of hydrogen-bond acceptors (Lipinski definition) is 0. The highest BCUT2D eigenvalue weighted by Crippen LogP contribution is 2.10. The second-order valence-corrected chi connectivity index (χ2v) is 5.01. The van der Waals surface area contributed by atoms with E-state index in [0.29, 0.717) is 0 Å². The lowest BCUT2D eigenvalue weighted by Gasteiger charge is -2.03. The molecule has 0 N–H and O–H groups in total. The van der Waals surface area contributed by atoms with E-state index in [0.717, 1.165) is 6.54 Å². The third-order valence-corrected chi connectivity index (χ3v) is 3.36. The fourth-order valence-electron chi connectivity index (χ4n) is 2.24. The van der Waals surface area contributed by atoms with Crippen LogP contribution in [0.2, 0.25) is 0 Å². The highest BCUT2D eigenvalue weighted by molar-refractivity contribution is 4.88. The fourth-order valence-corrected chi connectivity index (χ4v) is 2.24. The van der Waals surface area contributed by atoms with Crippen molar-refractivity contribution in [2.24, 2.45) is 0 Å². The summed E-state index contributed by atoms with van der Waals surface area (Å²) in [5.74, 6) is 0. The van der Waals surface area contributed by atoms with Crippen molar-refractivity contribution in [3.8, 4) is 0 Å². The summed E-state index contributed by atoms with van der Waals surface area (Å²) in [6.45, 7) is 3.42. The molecule has 0 saturated carbocycles. The highest BCUT2D eigenvalue weighted by Gasteiger charge is 1.93. The van der Waals surface area contributed by atoms with Gasteiger partial charge in [0.05, 0.1) is 6.20 Å². The Morgan fingerprint density at radius 1 is 0.824 bits per heavy atom. The van der Waals surface area contributed by atoms with E-state index in [-0.39, 0.29) is 0 Å². The first kappa shape index (κ1) is 14.3. The van der Waals surface area contributed by atoms with Crippen LogP contribution in [0.3, 0.4) is 0 Å². The molecule has 0 aromatic carbocycles. The summed E-state index contributed by atoms with van der Waals surface area (Å²) < 4.78 is 2.16. The smallest absolute Gasteiger partial charge is 0.0647 e. The number of nitrogens with zero attached hydrogens (tertiary/aromatic N) is 1. The van der Waals surface area contributed by atoms with Gasteiger partial charge in [-0.15, -0.1) is 0 Å². The molecule has 1 radical (unpaired) electrons. The minimum Gasteiger partial charge on any atom is -0.346 e. The summed E-state index contributed by atoms with van der Waals surface area (Å²) in [6.07, 6.45) is 19.4. The number of aryl methyl sites for hydroxylation is 1. The van der Waals surface area contributed by atoms with Crippen molar-refractivity contribution in [2.45, 2.75) is 77.7 Å². The topological polar surface area (TPSA) is 4.93 Å². The van der Waals surface area contributed by atoms with Gasteiger partial charge in [-0.2, -0.15) is 0 Å². The molecule has 1 nitrogen and oxygen atoms in total. The normalized spacial score (nSPS) is 10.9. The summed E-state index contributed by atoms with van der Waals surface area (Å²) >= 11 is 0. The van der Waals surface area contributed by atoms with Crippen LogP contribution < -0.4 is 0 Å². The molecule has 0 spiro atoms. The quantitative estimate of drug-likeness (QED) is 0.463. The van der Waals surface area contributed by atoms with Crippen LogP contribution in [0.5, 0.6) is 0 Å². The van der Waals surface area contributed by atoms with Crippen LogP contribution in [0.25, 0.3) is 0 Å². The first-order valence-electron chi connectivity index (χ1n) is 7.46. The van der Waals surface area contributed by atoms with Gasteiger partial charge in [-0.3, -0.25) is 0 Å². The predicted octanol–water partition coefficient (Wildman–Crippen LogP) is 5.21. The van der Waals surface area contributed by atoms with Gasteiger partial charge in [0.15, 0.2) is 0 Å². The van der Waals surface area contributed by atoms with Crippen LogP contribution in [-0.4, -0.2) is 4.57 Å². The van der Waals surface area contributed by atoms with Gasteiger partial charge in [0.25, 0.3) is 0 Å². The molecule has 1 rings (SSSR count). The molecule has 0 atom stereocenters. The molecule has 1 heteroatoms. The zero-order valence-electron chi connectivity index (χ0n) is 11.5.